The van der Waals surface area contributed by atoms with Crippen molar-refractivity contribution in [1.82, 2.24) is 5.32 Å². The Morgan fingerprint density at radius 2 is 2.16 bits per heavy atom. The SMILES string of the molecule is CC(O)(CNC(=O)CSc1cccc(Br)c1)C(=O)O. The van der Waals surface area contributed by atoms with Crippen LogP contribution in [0, 0.1) is 0 Å². The van der Waals surface area contributed by atoms with Gasteiger partial charge in [0.25, 0.3) is 0 Å². The summed E-state index contributed by atoms with van der Waals surface area (Å²) in [5.41, 5.74) is -1.95. The zero-order chi connectivity index (χ0) is 14.5. The number of carbonyl (C=O) groups is 2. The first-order chi connectivity index (χ1) is 8.81. The maximum absolute atomic E-state index is 11.5. The van der Waals surface area contributed by atoms with E-state index in [0.717, 1.165) is 16.3 Å². The van der Waals surface area contributed by atoms with E-state index in [4.69, 9.17) is 5.11 Å². The molecule has 104 valence electrons. The third-order valence-corrected chi connectivity index (χ3v) is 3.74. The van der Waals surface area contributed by atoms with Crippen molar-refractivity contribution >= 4 is 39.6 Å². The number of amides is 1. The fourth-order valence-corrected chi connectivity index (χ4v) is 2.44. The lowest BCUT2D eigenvalue weighted by atomic mass is 10.1. The highest BCUT2D eigenvalue weighted by Gasteiger charge is 2.30. The molecule has 0 saturated carbocycles. The molecule has 1 unspecified atom stereocenters. The predicted octanol–water partition coefficient (Wildman–Crippen LogP) is 1.49. The van der Waals surface area contributed by atoms with Crippen LogP contribution >= 0.6 is 27.7 Å². The lowest BCUT2D eigenvalue weighted by molar-refractivity contribution is -0.156. The monoisotopic (exact) mass is 347 g/mol. The number of benzene rings is 1. The van der Waals surface area contributed by atoms with Gasteiger partial charge >= 0.3 is 5.97 Å². The van der Waals surface area contributed by atoms with Gasteiger partial charge in [-0.25, -0.2) is 4.79 Å². The van der Waals surface area contributed by atoms with Gasteiger partial charge in [0, 0.05) is 9.37 Å². The Hall–Kier alpha value is -1.05. The van der Waals surface area contributed by atoms with Gasteiger partial charge < -0.3 is 15.5 Å². The summed E-state index contributed by atoms with van der Waals surface area (Å²) in [5.74, 6) is -1.54. The van der Waals surface area contributed by atoms with Gasteiger partial charge in [-0.1, -0.05) is 22.0 Å². The molecule has 1 atom stereocenters. The quantitative estimate of drug-likeness (QED) is 0.678. The Balaban J connectivity index is 2.39. The van der Waals surface area contributed by atoms with E-state index < -0.39 is 11.6 Å². The third-order valence-electron chi connectivity index (χ3n) is 2.26. The van der Waals surface area contributed by atoms with Crippen LogP contribution in [0.3, 0.4) is 0 Å². The van der Waals surface area contributed by atoms with Crippen molar-refractivity contribution in [3.63, 3.8) is 0 Å². The molecular formula is C12H14BrNO4S. The lowest BCUT2D eigenvalue weighted by Crippen LogP contribution is -2.46. The average Bonchev–Trinajstić information content (AvgIpc) is 2.34. The van der Waals surface area contributed by atoms with Crippen molar-refractivity contribution < 1.29 is 19.8 Å². The van der Waals surface area contributed by atoms with Gasteiger partial charge in [0.15, 0.2) is 5.60 Å². The topological polar surface area (TPSA) is 86.6 Å². The second-order valence-electron chi connectivity index (χ2n) is 4.10. The lowest BCUT2D eigenvalue weighted by Gasteiger charge is -2.18. The van der Waals surface area contributed by atoms with Crippen LogP contribution in [0.4, 0.5) is 0 Å². The molecule has 0 aliphatic heterocycles. The first-order valence-electron chi connectivity index (χ1n) is 5.42. The van der Waals surface area contributed by atoms with E-state index in [0.29, 0.717) is 0 Å². The minimum absolute atomic E-state index is 0.159. The summed E-state index contributed by atoms with van der Waals surface area (Å²) in [7, 11) is 0. The number of carboxylic acids is 1. The molecule has 7 heteroatoms. The number of rotatable bonds is 6. The van der Waals surface area contributed by atoms with Crippen LogP contribution in [-0.2, 0) is 9.59 Å². The van der Waals surface area contributed by atoms with E-state index in [1.165, 1.54) is 11.8 Å². The van der Waals surface area contributed by atoms with Crippen molar-refractivity contribution in [2.24, 2.45) is 0 Å². The van der Waals surface area contributed by atoms with Gasteiger partial charge in [0.1, 0.15) is 0 Å². The third kappa shape index (κ3) is 5.63. The molecule has 0 aliphatic carbocycles. The summed E-state index contributed by atoms with van der Waals surface area (Å²) in [6.45, 7) is 0.817. The van der Waals surface area contributed by atoms with Crippen molar-refractivity contribution in [1.29, 1.82) is 0 Å². The first-order valence-corrected chi connectivity index (χ1v) is 7.20. The number of carbonyl (C=O) groups excluding carboxylic acids is 1. The summed E-state index contributed by atoms with van der Waals surface area (Å²) in [5, 5.41) is 20.5. The maximum Gasteiger partial charge on any atom is 0.337 e. The highest BCUT2D eigenvalue weighted by Crippen LogP contribution is 2.21. The first kappa shape index (κ1) is 16.0. The average molecular weight is 348 g/mol. The number of hydrogen-bond acceptors (Lipinski definition) is 4. The summed E-state index contributed by atoms with van der Waals surface area (Å²) >= 11 is 4.66. The van der Waals surface area contributed by atoms with Crippen LogP contribution in [0.5, 0.6) is 0 Å². The number of carboxylic acid groups (broad SMARTS) is 1. The van der Waals surface area contributed by atoms with Crippen molar-refractivity contribution in [3.05, 3.63) is 28.7 Å². The van der Waals surface area contributed by atoms with Crippen LogP contribution in [0.1, 0.15) is 6.92 Å². The van der Waals surface area contributed by atoms with Crippen LogP contribution in [-0.4, -0.2) is 40.0 Å². The Labute approximate surface area is 123 Å². The van der Waals surface area contributed by atoms with Crippen LogP contribution in [0.25, 0.3) is 0 Å². The summed E-state index contributed by atoms with van der Waals surface area (Å²) in [6.07, 6.45) is 0. The molecule has 0 heterocycles. The normalized spacial score (nSPS) is 13.6. The van der Waals surface area contributed by atoms with Gasteiger partial charge in [-0.2, -0.15) is 0 Å². The van der Waals surface area contributed by atoms with Crippen LogP contribution < -0.4 is 5.32 Å². The van der Waals surface area contributed by atoms with Gasteiger partial charge in [0.2, 0.25) is 5.91 Å². The Morgan fingerprint density at radius 3 is 2.74 bits per heavy atom. The highest BCUT2D eigenvalue weighted by atomic mass is 79.9. The van der Waals surface area contributed by atoms with Gasteiger partial charge in [0.05, 0.1) is 12.3 Å². The minimum atomic E-state index is -1.95. The summed E-state index contributed by atoms with van der Waals surface area (Å²) < 4.78 is 0.923. The molecule has 19 heavy (non-hydrogen) atoms. The highest BCUT2D eigenvalue weighted by molar-refractivity contribution is 9.10. The van der Waals surface area contributed by atoms with E-state index in [1.807, 2.05) is 24.3 Å². The number of halogens is 1. The molecular weight excluding hydrogens is 334 g/mol. The Morgan fingerprint density at radius 1 is 1.47 bits per heavy atom. The fraction of sp³-hybridized carbons (Fsp3) is 0.333. The van der Waals surface area contributed by atoms with E-state index in [9.17, 15) is 14.7 Å². The predicted molar refractivity (Wildman–Crippen MR) is 76.1 cm³/mol. The smallest absolute Gasteiger partial charge is 0.337 e. The molecule has 1 aromatic carbocycles. The number of hydrogen-bond donors (Lipinski definition) is 3. The van der Waals surface area contributed by atoms with Crippen molar-refractivity contribution in [2.45, 2.75) is 17.4 Å². The summed E-state index contributed by atoms with van der Waals surface area (Å²) in [6, 6.07) is 7.50. The Bertz CT molecular complexity index is 479. The Kier molecular flexibility index (Phi) is 5.84. The molecule has 0 aliphatic rings. The van der Waals surface area contributed by atoms with E-state index in [-0.39, 0.29) is 18.2 Å². The van der Waals surface area contributed by atoms with Gasteiger partial charge in [-0.3, -0.25) is 4.79 Å². The molecule has 0 saturated heterocycles. The molecule has 0 spiro atoms. The van der Waals surface area contributed by atoms with Crippen LogP contribution in [0.15, 0.2) is 33.6 Å². The number of thioether (sulfide) groups is 1. The number of nitrogens with one attached hydrogen (secondary N) is 1. The fourth-order valence-electron chi connectivity index (χ4n) is 1.10. The maximum atomic E-state index is 11.5. The van der Waals surface area contributed by atoms with Gasteiger partial charge in [-0.05, 0) is 25.1 Å². The molecule has 0 radical (unpaired) electrons. The molecule has 5 nitrogen and oxygen atoms in total. The zero-order valence-electron chi connectivity index (χ0n) is 10.2. The number of aliphatic hydroxyl groups is 1. The van der Waals surface area contributed by atoms with Crippen molar-refractivity contribution in [2.75, 3.05) is 12.3 Å². The molecule has 0 fully saturated rings. The second kappa shape index (κ2) is 6.93. The molecule has 0 bridgehead atoms. The van der Waals surface area contributed by atoms with Crippen molar-refractivity contribution in [3.8, 4) is 0 Å². The molecule has 0 aromatic heterocycles. The van der Waals surface area contributed by atoms with E-state index in [2.05, 4.69) is 21.2 Å². The molecule has 1 amide bonds. The van der Waals surface area contributed by atoms with E-state index >= 15 is 0 Å². The van der Waals surface area contributed by atoms with Gasteiger partial charge in [-0.15, -0.1) is 11.8 Å². The molecule has 1 aromatic rings. The summed E-state index contributed by atoms with van der Waals surface area (Å²) in [4.78, 5) is 23.1. The standard InChI is InChI=1S/C12H14BrNO4S/c1-12(18,11(16)17)7-14-10(15)6-19-9-4-2-3-8(13)5-9/h2-5,18H,6-7H2,1H3,(H,14,15)(H,16,17). The second-order valence-corrected chi connectivity index (χ2v) is 6.07. The minimum Gasteiger partial charge on any atom is -0.479 e. The molecule has 1 rings (SSSR count). The molecule has 3 N–H and O–H groups in total. The number of aliphatic carboxylic acids is 1. The van der Waals surface area contributed by atoms with Crippen LogP contribution in [0.2, 0.25) is 0 Å². The largest absolute Gasteiger partial charge is 0.479 e. The van der Waals surface area contributed by atoms with E-state index in [1.54, 1.807) is 0 Å². The zero-order valence-corrected chi connectivity index (χ0v) is 12.6.